The fraction of sp³-hybridized carbons (Fsp3) is 0.467. The highest BCUT2D eigenvalue weighted by Crippen LogP contribution is 2.40. The minimum absolute atomic E-state index is 0.122. The normalized spacial score (nSPS) is 20.4. The Morgan fingerprint density at radius 3 is 3.00 bits per heavy atom. The first-order chi connectivity index (χ1) is 10.4. The summed E-state index contributed by atoms with van der Waals surface area (Å²) in [6.45, 7) is 0.197. The van der Waals surface area contributed by atoms with E-state index in [0.29, 0.717) is 22.9 Å². The molecular weight excluding hydrogens is 312 g/mol. The third-order valence-electron chi connectivity index (χ3n) is 3.97. The number of nitrogens with zero attached hydrogens (tertiary/aromatic N) is 2. The Bertz CT molecular complexity index is 701. The number of carbonyl (C=O) groups excluding carboxylic acids is 1. The zero-order valence-corrected chi connectivity index (χ0v) is 12.6. The number of fused-ring (bicyclic) bond motifs is 1. The molecule has 1 atom stereocenters. The summed E-state index contributed by atoms with van der Waals surface area (Å²) in [7, 11) is 0. The fourth-order valence-electron chi connectivity index (χ4n) is 2.86. The minimum Gasteiger partial charge on any atom is -0.350 e. The molecule has 2 heterocycles. The van der Waals surface area contributed by atoms with Gasteiger partial charge in [-0.3, -0.25) is 9.20 Å². The highest BCUT2D eigenvalue weighted by molar-refractivity contribution is 6.30. The number of aromatic nitrogens is 2. The molecule has 0 spiro atoms. The van der Waals surface area contributed by atoms with Crippen LogP contribution in [0.25, 0.3) is 5.65 Å². The number of amides is 1. The summed E-state index contributed by atoms with van der Waals surface area (Å²) < 4.78 is 27.9. The lowest BCUT2D eigenvalue weighted by Crippen LogP contribution is -2.25. The molecular formula is C15H16ClF2N3O. The standard InChI is InChI=1S/C15H16ClF2N3O/c16-14-11(20-12-3-1-2-6-21(12)14)9-19-13(22)7-10-4-5-15(17,18)8-10/h1-3,6,10H,4-5,7-9H2,(H,19,22). The number of nitrogens with one attached hydrogen (secondary N) is 1. The smallest absolute Gasteiger partial charge is 0.248 e. The van der Waals surface area contributed by atoms with Crippen LogP contribution in [-0.2, 0) is 11.3 Å². The Morgan fingerprint density at radius 1 is 1.50 bits per heavy atom. The zero-order chi connectivity index (χ0) is 15.7. The first kappa shape index (κ1) is 15.2. The lowest BCUT2D eigenvalue weighted by molar-refractivity contribution is -0.122. The van der Waals surface area contributed by atoms with Crippen LogP contribution in [0.15, 0.2) is 24.4 Å². The molecule has 1 fully saturated rings. The van der Waals surface area contributed by atoms with E-state index >= 15 is 0 Å². The molecule has 2 aromatic heterocycles. The van der Waals surface area contributed by atoms with Gasteiger partial charge >= 0.3 is 0 Å². The molecule has 0 aromatic carbocycles. The van der Waals surface area contributed by atoms with Crippen LogP contribution >= 0.6 is 11.6 Å². The number of hydrogen-bond acceptors (Lipinski definition) is 2. The summed E-state index contributed by atoms with van der Waals surface area (Å²) in [6, 6.07) is 5.50. The predicted octanol–water partition coefficient (Wildman–Crippen LogP) is 3.43. The van der Waals surface area contributed by atoms with Crippen molar-refractivity contribution in [2.45, 2.75) is 38.2 Å². The minimum atomic E-state index is -2.62. The van der Waals surface area contributed by atoms with Gasteiger partial charge in [0.25, 0.3) is 0 Å². The molecule has 1 aliphatic carbocycles. The van der Waals surface area contributed by atoms with Crippen LogP contribution in [0.4, 0.5) is 8.78 Å². The van der Waals surface area contributed by atoms with Crippen LogP contribution in [0.3, 0.4) is 0 Å². The molecule has 0 radical (unpaired) electrons. The average molecular weight is 328 g/mol. The summed E-state index contributed by atoms with van der Waals surface area (Å²) in [6.07, 6.45) is 1.99. The first-order valence-electron chi connectivity index (χ1n) is 7.20. The van der Waals surface area contributed by atoms with Crippen molar-refractivity contribution in [1.82, 2.24) is 14.7 Å². The van der Waals surface area contributed by atoms with Gasteiger partial charge in [0.1, 0.15) is 10.8 Å². The summed E-state index contributed by atoms with van der Waals surface area (Å²) >= 11 is 6.20. The molecule has 118 valence electrons. The molecule has 1 N–H and O–H groups in total. The van der Waals surface area contributed by atoms with Crippen LogP contribution in [0.1, 0.15) is 31.4 Å². The molecule has 3 rings (SSSR count). The quantitative estimate of drug-likeness (QED) is 0.935. The van der Waals surface area contributed by atoms with Crippen molar-refractivity contribution in [2.24, 2.45) is 5.92 Å². The van der Waals surface area contributed by atoms with Crippen molar-refractivity contribution in [3.63, 3.8) is 0 Å². The second-order valence-electron chi connectivity index (χ2n) is 5.72. The Hall–Kier alpha value is -1.69. The van der Waals surface area contributed by atoms with Crippen molar-refractivity contribution in [3.05, 3.63) is 35.2 Å². The molecule has 1 unspecified atom stereocenters. The number of alkyl halides is 2. The number of carbonyl (C=O) groups is 1. The maximum Gasteiger partial charge on any atom is 0.248 e. The van der Waals surface area contributed by atoms with Crippen molar-refractivity contribution in [3.8, 4) is 0 Å². The molecule has 4 nitrogen and oxygen atoms in total. The summed E-state index contributed by atoms with van der Waals surface area (Å²) in [5, 5.41) is 3.16. The van der Waals surface area contributed by atoms with Gasteiger partial charge in [0.05, 0.1) is 12.2 Å². The van der Waals surface area contributed by atoms with E-state index in [-0.39, 0.29) is 37.6 Å². The number of hydrogen-bond donors (Lipinski definition) is 1. The average Bonchev–Trinajstić information content (AvgIpc) is 2.97. The number of imidazole rings is 1. The Kier molecular flexibility index (Phi) is 4.04. The number of rotatable bonds is 4. The zero-order valence-electron chi connectivity index (χ0n) is 11.9. The second kappa shape index (κ2) is 5.83. The van der Waals surface area contributed by atoms with Crippen LogP contribution < -0.4 is 5.32 Å². The molecule has 2 aromatic rings. The van der Waals surface area contributed by atoms with E-state index in [1.165, 1.54) is 0 Å². The maximum atomic E-state index is 13.1. The number of pyridine rings is 1. The van der Waals surface area contributed by atoms with Gasteiger partial charge in [-0.1, -0.05) is 17.7 Å². The number of halogens is 3. The summed E-state index contributed by atoms with van der Waals surface area (Å²) in [5.41, 5.74) is 1.27. The van der Waals surface area contributed by atoms with Gasteiger partial charge in [-0.25, -0.2) is 13.8 Å². The Labute approximate surface area is 131 Å². The van der Waals surface area contributed by atoms with E-state index < -0.39 is 5.92 Å². The predicted molar refractivity (Wildman–Crippen MR) is 79.0 cm³/mol. The maximum absolute atomic E-state index is 13.1. The second-order valence-corrected chi connectivity index (χ2v) is 6.08. The molecule has 0 saturated heterocycles. The largest absolute Gasteiger partial charge is 0.350 e. The first-order valence-corrected chi connectivity index (χ1v) is 7.58. The lowest BCUT2D eigenvalue weighted by Gasteiger charge is -2.10. The third kappa shape index (κ3) is 3.21. The van der Waals surface area contributed by atoms with E-state index in [2.05, 4.69) is 10.3 Å². The highest BCUT2D eigenvalue weighted by atomic mass is 35.5. The molecule has 7 heteroatoms. The molecule has 22 heavy (non-hydrogen) atoms. The lowest BCUT2D eigenvalue weighted by atomic mass is 10.0. The van der Waals surface area contributed by atoms with E-state index in [0.717, 1.165) is 0 Å². The van der Waals surface area contributed by atoms with Crippen LogP contribution in [-0.4, -0.2) is 21.2 Å². The van der Waals surface area contributed by atoms with Crippen molar-refractivity contribution >= 4 is 23.2 Å². The SMILES string of the molecule is O=C(CC1CCC(F)(F)C1)NCc1nc2ccccn2c1Cl. The fourth-order valence-corrected chi connectivity index (χ4v) is 3.11. The monoisotopic (exact) mass is 327 g/mol. The Morgan fingerprint density at radius 2 is 2.32 bits per heavy atom. The van der Waals surface area contributed by atoms with Gasteiger partial charge in [-0.05, 0) is 24.5 Å². The van der Waals surface area contributed by atoms with Gasteiger partial charge in [-0.2, -0.15) is 0 Å². The molecule has 1 saturated carbocycles. The molecule has 0 aliphatic heterocycles. The van der Waals surface area contributed by atoms with Gasteiger partial charge in [0.15, 0.2) is 0 Å². The van der Waals surface area contributed by atoms with Crippen LogP contribution in [0, 0.1) is 5.92 Å². The van der Waals surface area contributed by atoms with Gasteiger partial charge < -0.3 is 5.32 Å². The van der Waals surface area contributed by atoms with E-state index in [1.807, 2.05) is 18.2 Å². The van der Waals surface area contributed by atoms with Crippen molar-refractivity contribution in [2.75, 3.05) is 0 Å². The van der Waals surface area contributed by atoms with E-state index in [9.17, 15) is 13.6 Å². The van der Waals surface area contributed by atoms with Crippen LogP contribution in [0.2, 0.25) is 5.15 Å². The Balaban J connectivity index is 1.57. The van der Waals surface area contributed by atoms with Crippen LogP contribution in [0.5, 0.6) is 0 Å². The van der Waals surface area contributed by atoms with Gasteiger partial charge in [0.2, 0.25) is 11.8 Å². The van der Waals surface area contributed by atoms with Crippen molar-refractivity contribution < 1.29 is 13.6 Å². The molecule has 1 aliphatic rings. The van der Waals surface area contributed by atoms with Gasteiger partial charge in [0, 0.05) is 25.5 Å². The molecule has 0 bridgehead atoms. The topological polar surface area (TPSA) is 46.4 Å². The summed E-state index contributed by atoms with van der Waals surface area (Å²) in [5.74, 6) is -3.10. The van der Waals surface area contributed by atoms with E-state index in [1.54, 1.807) is 10.6 Å². The van der Waals surface area contributed by atoms with Crippen molar-refractivity contribution in [1.29, 1.82) is 0 Å². The summed E-state index contributed by atoms with van der Waals surface area (Å²) in [4.78, 5) is 16.2. The van der Waals surface area contributed by atoms with E-state index in [4.69, 9.17) is 11.6 Å². The molecule has 1 amide bonds. The third-order valence-corrected chi connectivity index (χ3v) is 4.37. The van der Waals surface area contributed by atoms with Gasteiger partial charge in [-0.15, -0.1) is 0 Å². The highest BCUT2D eigenvalue weighted by Gasteiger charge is 2.39.